The van der Waals surface area contributed by atoms with Crippen molar-refractivity contribution in [1.82, 2.24) is 9.47 Å². The molecule has 0 spiro atoms. The van der Waals surface area contributed by atoms with Crippen molar-refractivity contribution in [1.29, 1.82) is 0 Å². The molecule has 0 radical (unpaired) electrons. The normalized spacial score (nSPS) is 17.2. The average Bonchev–Trinajstić information content (AvgIpc) is 2.72. The van der Waals surface area contributed by atoms with Gasteiger partial charge in [-0.05, 0) is 72.8 Å². The molecule has 1 fully saturated rings. The fraction of sp³-hybridized carbons (Fsp3) is 0.467. The summed E-state index contributed by atoms with van der Waals surface area (Å²) in [5.41, 5.74) is 1.35. The second kappa shape index (κ2) is 6.14. The predicted octanol–water partition coefficient (Wildman–Crippen LogP) is 4.49. The number of rotatable bonds is 3. The Labute approximate surface area is 136 Å². The molecule has 4 heteroatoms. The van der Waals surface area contributed by atoms with Gasteiger partial charge in [0.2, 0.25) is 0 Å². The fourth-order valence-electron chi connectivity index (χ4n) is 2.86. The first kappa shape index (κ1) is 13.9. The van der Waals surface area contributed by atoms with Crippen LogP contribution in [-0.2, 0) is 6.54 Å². The molecule has 0 N–H and O–H groups in total. The number of halogens is 2. The van der Waals surface area contributed by atoms with E-state index in [4.69, 9.17) is 0 Å². The Kier molecular flexibility index (Phi) is 4.49. The van der Waals surface area contributed by atoms with E-state index in [0.717, 1.165) is 11.0 Å². The molecule has 19 heavy (non-hydrogen) atoms. The third kappa shape index (κ3) is 3.16. The van der Waals surface area contributed by atoms with Crippen molar-refractivity contribution in [3.8, 4) is 0 Å². The summed E-state index contributed by atoms with van der Waals surface area (Å²) in [6.45, 7) is 4.84. The topological polar surface area (TPSA) is 8.17 Å². The predicted molar refractivity (Wildman–Crippen MR) is 92.6 cm³/mol. The van der Waals surface area contributed by atoms with Crippen LogP contribution in [0, 0.1) is 3.70 Å². The zero-order valence-electron chi connectivity index (χ0n) is 10.9. The summed E-state index contributed by atoms with van der Waals surface area (Å²) < 4.78 is 4.93. The molecule has 1 aromatic heterocycles. The molecule has 1 aromatic carbocycles. The summed E-state index contributed by atoms with van der Waals surface area (Å²) >= 11 is 6.00. The van der Waals surface area contributed by atoms with E-state index in [1.54, 1.807) is 0 Å². The molecule has 2 heterocycles. The van der Waals surface area contributed by atoms with E-state index in [0.29, 0.717) is 0 Å². The van der Waals surface area contributed by atoms with E-state index in [9.17, 15) is 0 Å². The van der Waals surface area contributed by atoms with E-state index < -0.39 is 0 Å². The van der Waals surface area contributed by atoms with Gasteiger partial charge in [0.1, 0.15) is 0 Å². The highest BCUT2D eigenvalue weighted by Gasteiger charge is 2.12. The average molecular weight is 433 g/mol. The third-order valence-electron chi connectivity index (χ3n) is 3.90. The molecule has 1 saturated heterocycles. The van der Waals surface area contributed by atoms with E-state index >= 15 is 0 Å². The lowest BCUT2D eigenvalue weighted by molar-refractivity contribution is 0.221. The minimum absolute atomic E-state index is 1.10. The first-order valence-corrected chi connectivity index (χ1v) is 8.78. The highest BCUT2D eigenvalue weighted by atomic mass is 127. The molecule has 102 valence electrons. The van der Waals surface area contributed by atoms with Crippen molar-refractivity contribution >= 4 is 49.4 Å². The van der Waals surface area contributed by atoms with Crippen molar-refractivity contribution < 1.29 is 0 Å². The van der Waals surface area contributed by atoms with Crippen molar-refractivity contribution in [3.63, 3.8) is 0 Å². The van der Waals surface area contributed by atoms with Crippen LogP contribution < -0.4 is 0 Å². The van der Waals surface area contributed by atoms with Gasteiger partial charge in [0.15, 0.2) is 0 Å². The SMILES string of the molecule is Brc1ccc2c(c1)cc(I)n2CCN1CCCCC1. The van der Waals surface area contributed by atoms with Crippen LogP contribution in [0.1, 0.15) is 19.3 Å². The van der Waals surface area contributed by atoms with Crippen molar-refractivity contribution in [3.05, 3.63) is 32.4 Å². The quantitative estimate of drug-likeness (QED) is 0.648. The van der Waals surface area contributed by atoms with E-state index in [1.807, 2.05) is 0 Å². The molecular weight excluding hydrogens is 415 g/mol. The number of fused-ring (bicyclic) bond motifs is 1. The van der Waals surface area contributed by atoms with E-state index in [2.05, 4.69) is 72.3 Å². The summed E-state index contributed by atoms with van der Waals surface area (Å²) in [4.78, 5) is 2.60. The second-order valence-electron chi connectivity index (χ2n) is 5.22. The number of benzene rings is 1. The van der Waals surface area contributed by atoms with Crippen LogP contribution >= 0.6 is 38.5 Å². The number of piperidine rings is 1. The maximum Gasteiger partial charge on any atom is 0.0809 e. The molecule has 1 aliphatic rings. The maximum atomic E-state index is 3.55. The van der Waals surface area contributed by atoms with Gasteiger partial charge in [0.05, 0.1) is 3.70 Å². The highest BCUT2D eigenvalue weighted by Crippen LogP contribution is 2.25. The minimum Gasteiger partial charge on any atom is -0.335 e. The zero-order chi connectivity index (χ0) is 13.2. The Morgan fingerprint density at radius 3 is 2.63 bits per heavy atom. The molecule has 3 rings (SSSR count). The van der Waals surface area contributed by atoms with Crippen LogP contribution in [0.5, 0.6) is 0 Å². The summed E-state index contributed by atoms with van der Waals surface area (Å²) in [6.07, 6.45) is 4.15. The molecule has 2 nitrogen and oxygen atoms in total. The molecule has 0 saturated carbocycles. The first-order chi connectivity index (χ1) is 9.24. The standard InChI is InChI=1S/C15H18BrIN2/c16-13-4-5-14-12(10-13)11-15(17)19(14)9-8-18-6-2-1-3-7-18/h4-5,10-11H,1-3,6-9H2. The van der Waals surface area contributed by atoms with Gasteiger partial charge in [-0.15, -0.1) is 0 Å². The second-order valence-corrected chi connectivity index (χ2v) is 7.25. The number of nitrogens with zero attached hydrogens (tertiary/aromatic N) is 2. The molecule has 0 bridgehead atoms. The van der Waals surface area contributed by atoms with Gasteiger partial charge in [0.25, 0.3) is 0 Å². The van der Waals surface area contributed by atoms with Gasteiger partial charge in [-0.2, -0.15) is 0 Å². The molecular formula is C15H18BrIN2. The summed E-state index contributed by atoms with van der Waals surface area (Å²) in [7, 11) is 0. The van der Waals surface area contributed by atoms with Crippen LogP contribution in [0.25, 0.3) is 10.9 Å². The Morgan fingerprint density at radius 1 is 1.05 bits per heavy atom. The Balaban J connectivity index is 1.78. The Morgan fingerprint density at radius 2 is 1.84 bits per heavy atom. The number of hydrogen-bond donors (Lipinski definition) is 0. The van der Waals surface area contributed by atoms with Crippen molar-refractivity contribution in [2.45, 2.75) is 25.8 Å². The molecule has 1 aliphatic heterocycles. The van der Waals surface area contributed by atoms with Crippen LogP contribution in [0.15, 0.2) is 28.7 Å². The zero-order valence-corrected chi connectivity index (χ0v) is 14.7. The first-order valence-electron chi connectivity index (χ1n) is 6.91. The molecule has 2 aromatic rings. The van der Waals surface area contributed by atoms with Crippen LogP contribution in [0.4, 0.5) is 0 Å². The monoisotopic (exact) mass is 432 g/mol. The van der Waals surface area contributed by atoms with Gasteiger partial charge < -0.3 is 9.47 Å². The van der Waals surface area contributed by atoms with Crippen molar-refractivity contribution in [2.24, 2.45) is 0 Å². The van der Waals surface area contributed by atoms with Crippen LogP contribution in [-0.4, -0.2) is 29.1 Å². The number of aromatic nitrogens is 1. The van der Waals surface area contributed by atoms with E-state index in [1.165, 1.54) is 53.5 Å². The minimum atomic E-state index is 1.10. The van der Waals surface area contributed by atoms with Gasteiger partial charge in [-0.3, -0.25) is 0 Å². The van der Waals surface area contributed by atoms with Gasteiger partial charge >= 0.3 is 0 Å². The number of likely N-dealkylation sites (tertiary alicyclic amines) is 1. The van der Waals surface area contributed by atoms with Gasteiger partial charge in [0, 0.05) is 28.5 Å². The Bertz CT molecular complexity index is 573. The fourth-order valence-corrected chi connectivity index (χ4v) is 4.08. The lowest BCUT2D eigenvalue weighted by atomic mass is 10.1. The summed E-state index contributed by atoms with van der Waals surface area (Å²) in [6, 6.07) is 8.83. The molecule has 0 unspecified atom stereocenters. The van der Waals surface area contributed by atoms with E-state index in [-0.39, 0.29) is 0 Å². The number of hydrogen-bond acceptors (Lipinski definition) is 1. The molecule has 0 amide bonds. The van der Waals surface area contributed by atoms with Gasteiger partial charge in [-0.1, -0.05) is 22.4 Å². The van der Waals surface area contributed by atoms with Crippen LogP contribution in [0.3, 0.4) is 0 Å². The third-order valence-corrected chi connectivity index (χ3v) is 5.29. The highest BCUT2D eigenvalue weighted by molar-refractivity contribution is 14.1. The maximum absolute atomic E-state index is 3.55. The lowest BCUT2D eigenvalue weighted by Gasteiger charge is -2.26. The molecule has 0 atom stereocenters. The van der Waals surface area contributed by atoms with Crippen molar-refractivity contribution in [2.75, 3.05) is 19.6 Å². The largest absolute Gasteiger partial charge is 0.335 e. The van der Waals surface area contributed by atoms with Crippen LogP contribution in [0.2, 0.25) is 0 Å². The summed E-state index contributed by atoms with van der Waals surface area (Å²) in [5, 5.41) is 1.33. The lowest BCUT2D eigenvalue weighted by Crippen LogP contribution is -2.32. The van der Waals surface area contributed by atoms with Gasteiger partial charge in [-0.25, -0.2) is 0 Å². The molecule has 0 aliphatic carbocycles. The summed E-state index contributed by atoms with van der Waals surface area (Å²) in [5.74, 6) is 0. The smallest absolute Gasteiger partial charge is 0.0809 e. The Hall–Kier alpha value is -0.0700.